The van der Waals surface area contributed by atoms with Crippen LogP contribution in [0.2, 0.25) is 0 Å². The van der Waals surface area contributed by atoms with Crippen LogP contribution in [-0.2, 0) is 0 Å². The Morgan fingerprint density at radius 2 is 1.42 bits per heavy atom. The van der Waals surface area contributed by atoms with Gasteiger partial charge >= 0.3 is 0 Å². The smallest absolute Gasteiger partial charge is 0.0126 e. The van der Waals surface area contributed by atoms with Crippen molar-refractivity contribution in [3.63, 3.8) is 0 Å². The highest BCUT2D eigenvalue weighted by Gasteiger charge is 2.21. The highest BCUT2D eigenvalue weighted by molar-refractivity contribution is 4.79. The molecule has 1 N–H and O–H groups in total. The van der Waals surface area contributed by atoms with Crippen molar-refractivity contribution in [2.75, 3.05) is 26.2 Å². The molecule has 1 aliphatic heterocycles. The molecule has 0 aromatic rings. The van der Waals surface area contributed by atoms with Gasteiger partial charge in [0.15, 0.2) is 0 Å². The Morgan fingerprint density at radius 1 is 1.00 bits per heavy atom. The molecule has 0 radical (unpaired) electrons. The Labute approximate surface area is 77.3 Å². The molecular weight excluding hydrogens is 148 g/mol. The standard InChI is InChI=1S/C8H18N2.C2H6/c1-8(2,3)10-6-4-9-5-7-10;1-2/h9H,4-7H2,1-3H3;1-2H3. The Kier molecular flexibility index (Phi) is 5.51. The summed E-state index contributed by atoms with van der Waals surface area (Å²) < 4.78 is 0. The maximum atomic E-state index is 3.35. The minimum Gasteiger partial charge on any atom is -0.314 e. The number of piperazine rings is 1. The van der Waals surface area contributed by atoms with Crippen molar-refractivity contribution >= 4 is 0 Å². The maximum absolute atomic E-state index is 3.35. The molecule has 12 heavy (non-hydrogen) atoms. The van der Waals surface area contributed by atoms with Gasteiger partial charge in [-0.3, -0.25) is 4.90 Å². The van der Waals surface area contributed by atoms with Gasteiger partial charge < -0.3 is 5.32 Å². The second-order valence-electron chi connectivity index (χ2n) is 3.91. The molecular formula is C10H24N2. The van der Waals surface area contributed by atoms with E-state index in [4.69, 9.17) is 0 Å². The third-order valence-electron chi connectivity index (χ3n) is 2.07. The van der Waals surface area contributed by atoms with Crippen LogP contribution in [0.1, 0.15) is 34.6 Å². The fourth-order valence-corrected chi connectivity index (χ4v) is 1.34. The quantitative estimate of drug-likeness (QED) is 0.598. The van der Waals surface area contributed by atoms with E-state index in [0.29, 0.717) is 5.54 Å². The van der Waals surface area contributed by atoms with E-state index in [-0.39, 0.29) is 0 Å². The molecule has 0 bridgehead atoms. The minimum absolute atomic E-state index is 0.363. The maximum Gasteiger partial charge on any atom is 0.0126 e. The normalized spacial score (nSPS) is 19.8. The summed E-state index contributed by atoms with van der Waals surface area (Å²) in [5, 5.41) is 3.35. The summed E-state index contributed by atoms with van der Waals surface area (Å²) in [6.45, 7) is 15.5. The first kappa shape index (κ1) is 11.9. The second-order valence-corrected chi connectivity index (χ2v) is 3.91. The lowest BCUT2D eigenvalue weighted by Crippen LogP contribution is -2.51. The van der Waals surface area contributed by atoms with E-state index in [9.17, 15) is 0 Å². The van der Waals surface area contributed by atoms with Crippen molar-refractivity contribution in [2.45, 2.75) is 40.2 Å². The van der Waals surface area contributed by atoms with Crippen LogP contribution in [0.15, 0.2) is 0 Å². The number of hydrogen-bond donors (Lipinski definition) is 1. The second kappa shape index (κ2) is 5.55. The topological polar surface area (TPSA) is 15.3 Å². The van der Waals surface area contributed by atoms with Crippen LogP contribution in [-0.4, -0.2) is 36.6 Å². The summed E-state index contributed by atoms with van der Waals surface area (Å²) in [6, 6.07) is 0. The van der Waals surface area contributed by atoms with Gasteiger partial charge in [0.1, 0.15) is 0 Å². The van der Waals surface area contributed by atoms with E-state index in [1.165, 1.54) is 13.1 Å². The van der Waals surface area contributed by atoms with Crippen molar-refractivity contribution in [2.24, 2.45) is 0 Å². The highest BCUT2D eigenvalue weighted by atomic mass is 15.2. The molecule has 0 unspecified atom stereocenters. The first-order valence-corrected chi connectivity index (χ1v) is 5.06. The highest BCUT2D eigenvalue weighted by Crippen LogP contribution is 2.12. The molecule has 1 fully saturated rings. The molecule has 0 aromatic heterocycles. The summed E-state index contributed by atoms with van der Waals surface area (Å²) >= 11 is 0. The van der Waals surface area contributed by atoms with Gasteiger partial charge in [-0.05, 0) is 20.8 Å². The Balaban J connectivity index is 0.000000561. The van der Waals surface area contributed by atoms with E-state index >= 15 is 0 Å². The molecule has 2 heteroatoms. The zero-order valence-electron chi connectivity index (χ0n) is 9.28. The fourth-order valence-electron chi connectivity index (χ4n) is 1.34. The average Bonchev–Trinajstić information content (AvgIpc) is 2.08. The summed E-state index contributed by atoms with van der Waals surface area (Å²) in [4.78, 5) is 2.52. The SMILES string of the molecule is CC.CC(C)(C)N1CCNCC1. The van der Waals surface area contributed by atoms with E-state index in [1.54, 1.807) is 0 Å². The molecule has 0 aliphatic carbocycles. The Bertz CT molecular complexity index is 98.9. The van der Waals surface area contributed by atoms with Gasteiger partial charge in [-0.1, -0.05) is 13.8 Å². The van der Waals surface area contributed by atoms with Crippen LogP contribution in [0.3, 0.4) is 0 Å². The lowest BCUT2D eigenvalue weighted by molar-refractivity contribution is 0.119. The lowest BCUT2D eigenvalue weighted by Gasteiger charge is -2.38. The molecule has 74 valence electrons. The van der Waals surface area contributed by atoms with Gasteiger partial charge in [0, 0.05) is 31.7 Å². The first-order chi connectivity index (χ1) is 5.61. The fraction of sp³-hybridized carbons (Fsp3) is 1.00. The predicted octanol–water partition coefficient (Wildman–Crippen LogP) is 1.72. The average molecular weight is 172 g/mol. The van der Waals surface area contributed by atoms with Crippen LogP contribution in [0.5, 0.6) is 0 Å². The number of nitrogens with zero attached hydrogens (tertiary/aromatic N) is 1. The van der Waals surface area contributed by atoms with Gasteiger partial charge in [-0.2, -0.15) is 0 Å². The zero-order chi connectivity index (χ0) is 9.61. The monoisotopic (exact) mass is 172 g/mol. The zero-order valence-corrected chi connectivity index (χ0v) is 9.28. The van der Waals surface area contributed by atoms with Gasteiger partial charge in [-0.25, -0.2) is 0 Å². The largest absolute Gasteiger partial charge is 0.314 e. The molecule has 0 aromatic carbocycles. The van der Waals surface area contributed by atoms with Crippen LogP contribution < -0.4 is 5.32 Å². The third kappa shape index (κ3) is 4.07. The molecule has 1 rings (SSSR count). The molecule has 0 saturated carbocycles. The van der Waals surface area contributed by atoms with Crippen molar-refractivity contribution in [3.8, 4) is 0 Å². The van der Waals surface area contributed by atoms with E-state index in [0.717, 1.165) is 13.1 Å². The van der Waals surface area contributed by atoms with Crippen molar-refractivity contribution in [1.29, 1.82) is 0 Å². The summed E-state index contributed by atoms with van der Waals surface area (Å²) in [5.41, 5.74) is 0.363. The van der Waals surface area contributed by atoms with Gasteiger partial charge in [-0.15, -0.1) is 0 Å². The first-order valence-electron chi connectivity index (χ1n) is 5.06. The molecule has 1 heterocycles. The van der Waals surface area contributed by atoms with Crippen LogP contribution in [0, 0.1) is 0 Å². The van der Waals surface area contributed by atoms with E-state index in [2.05, 4.69) is 31.0 Å². The Morgan fingerprint density at radius 3 is 1.67 bits per heavy atom. The number of rotatable bonds is 0. The number of hydrogen-bond acceptors (Lipinski definition) is 2. The molecule has 1 aliphatic rings. The summed E-state index contributed by atoms with van der Waals surface area (Å²) in [7, 11) is 0. The van der Waals surface area contributed by atoms with E-state index < -0.39 is 0 Å². The van der Waals surface area contributed by atoms with Gasteiger partial charge in [0.2, 0.25) is 0 Å². The number of nitrogens with one attached hydrogen (secondary N) is 1. The molecule has 0 spiro atoms. The van der Waals surface area contributed by atoms with Crippen molar-refractivity contribution in [3.05, 3.63) is 0 Å². The molecule has 0 atom stereocenters. The third-order valence-corrected chi connectivity index (χ3v) is 2.07. The molecule has 0 amide bonds. The van der Waals surface area contributed by atoms with Crippen LogP contribution in [0.4, 0.5) is 0 Å². The van der Waals surface area contributed by atoms with Crippen molar-refractivity contribution in [1.82, 2.24) is 10.2 Å². The summed E-state index contributed by atoms with van der Waals surface area (Å²) in [6.07, 6.45) is 0. The molecule has 2 nitrogen and oxygen atoms in total. The summed E-state index contributed by atoms with van der Waals surface area (Å²) in [5.74, 6) is 0. The van der Waals surface area contributed by atoms with Crippen LogP contribution in [0.25, 0.3) is 0 Å². The van der Waals surface area contributed by atoms with E-state index in [1.807, 2.05) is 13.8 Å². The van der Waals surface area contributed by atoms with Crippen LogP contribution >= 0.6 is 0 Å². The van der Waals surface area contributed by atoms with Crippen molar-refractivity contribution < 1.29 is 0 Å². The van der Waals surface area contributed by atoms with Gasteiger partial charge in [0.25, 0.3) is 0 Å². The lowest BCUT2D eigenvalue weighted by atomic mass is 10.1. The van der Waals surface area contributed by atoms with Gasteiger partial charge in [0.05, 0.1) is 0 Å². The Hall–Kier alpha value is -0.0800. The molecule has 1 saturated heterocycles. The minimum atomic E-state index is 0.363. The predicted molar refractivity (Wildman–Crippen MR) is 55.5 cm³/mol.